The van der Waals surface area contributed by atoms with Crippen molar-refractivity contribution in [3.8, 4) is 11.8 Å². The Labute approximate surface area is 123 Å². The van der Waals surface area contributed by atoms with E-state index in [4.69, 9.17) is 10.5 Å². The molecule has 0 spiro atoms. The molecule has 0 saturated carbocycles. The standard InChI is InChI=1S/C13H18N2O3S2/c14-7-1-4-12-5-6-13(19-12)9-15-20(16,17)10-11-3-2-8-18-11/h5-6,11,15H,2-3,7-10,14H2. The molecule has 0 amide bonds. The van der Waals surface area contributed by atoms with Crippen molar-refractivity contribution in [1.29, 1.82) is 0 Å². The van der Waals surface area contributed by atoms with Crippen LogP contribution in [-0.2, 0) is 21.3 Å². The van der Waals surface area contributed by atoms with Crippen LogP contribution in [0.4, 0.5) is 0 Å². The largest absolute Gasteiger partial charge is 0.377 e. The van der Waals surface area contributed by atoms with Gasteiger partial charge in [0.25, 0.3) is 0 Å². The van der Waals surface area contributed by atoms with Gasteiger partial charge in [0.1, 0.15) is 0 Å². The predicted octanol–water partition coefficient (Wildman–Crippen LogP) is 0.657. The van der Waals surface area contributed by atoms with E-state index in [2.05, 4.69) is 16.6 Å². The second-order valence-corrected chi connectivity index (χ2v) is 7.53. The van der Waals surface area contributed by atoms with Crippen molar-refractivity contribution in [1.82, 2.24) is 4.72 Å². The van der Waals surface area contributed by atoms with Crippen LogP contribution in [0.5, 0.6) is 0 Å². The maximum Gasteiger partial charge on any atom is 0.214 e. The fourth-order valence-electron chi connectivity index (χ4n) is 1.94. The Bertz CT molecular complexity index is 593. The van der Waals surface area contributed by atoms with Crippen molar-refractivity contribution < 1.29 is 13.2 Å². The number of thiophene rings is 1. The van der Waals surface area contributed by atoms with Gasteiger partial charge in [0.15, 0.2) is 0 Å². The molecule has 0 aliphatic carbocycles. The van der Waals surface area contributed by atoms with Gasteiger partial charge in [-0.1, -0.05) is 11.8 Å². The van der Waals surface area contributed by atoms with Crippen LogP contribution in [0.2, 0.25) is 0 Å². The van der Waals surface area contributed by atoms with Gasteiger partial charge in [-0.2, -0.15) is 0 Å². The van der Waals surface area contributed by atoms with Crippen LogP contribution >= 0.6 is 11.3 Å². The lowest BCUT2D eigenvalue weighted by molar-refractivity contribution is 0.127. The Hall–Kier alpha value is -0.910. The van der Waals surface area contributed by atoms with Crippen LogP contribution in [-0.4, -0.2) is 33.4 Å². The first kappa shape index (κ1) is 15.5. The molecule has 1 saturated heterocycles. The number of ether oxygens (including phenoxy) is 1. The van der Waals surface area contributed by atoms with Crippen LogP contribution in [0.15, 0.2) is 12.1 Å². The average Bonchev–Trinajstić information content (AvgIpc) is 3.05. The lowest BCUT2D eigenvalue weighted by Crippen LogP contribution is -2.31. The van der Waals surface area contributed by atoms with E-state index in [1.165, 1.54) is 11.3 Å². The molecule has 2 rings (SSSR count). The van der Waals surface area contributed by atoms with E-state index in [1.54, 1.807) is 0 Å². The van der Waals surface area contributed by atoms with Crippen LogP contribution < -0.4 is 10.5 Å². The minimum atomic E-state index is -3.30. The zero-order valence-corrected chi connectivity index (χ0v) is 12.7. The summed E-state index contributed by atoms with van der Waals surface area (Å²) in [6.07, 6.45) is 1.59. The summed E-state index contributed by atoms with van der Waals surface area (Å²) in [6, 6.07) is 3.75. The molecule has 3 N–H and O–H groups in total. The minimum absolute atomic E-state index is 0.0399. The topological polar surface area (TPSA) is 81.4 Å². The van der Waals surface area contributed by atoms with Gasteiger partial charge in [0.05, 0.1) is 23.3 Å². The summed E-state index contributed by atoms with van der Waals surface area (Å²) in [5, 5.41) is 0. The molecular formula is C13H18N2O3S2. The number of nitrogens with one attached hydrogen (secondary N) is 1. The van der Waals surface area contributed by atoms with Crippen molar-refractivity contribution in [2.75, 3.05) is 18.9 Å². The van der Waals surface area contributed by atoms with Crippen molar-refractivity contribution in [2.45, 2.75) is 25.5 Å². The highest BCUT2D eigenvalue weighted by atomic mass is 32.2. The zero-order chi connectivity index (χ0) is 14.4. The van der Waals surface area contributed by atoms with Gasteiger partial charge in [-0.3, -0.25) is 0 Å². The van der Waals surface area contributed by atoms with Gasteiger partial charge in [-0.15, -0.1) is 11.3 Å². The first-order chi connectivity index (χ1) is 9.59. The second-order valence-electron chi connectivity index (χ2n) is 4.51. The lowest BCUT2D eigenvalue weighted by Gasteiger charge is -2.10. The van der Waals surface area contributed by atoms with Gasteiger partial charge in [-0.25, -0.2) is 13.1 Å². The molecule has 5 nitrogen and oxygen atoms in total. The third-order valence-electron chi connectivity index (χ3n) is 2.87. The van der Waals surface area contributed by atoms with Gasteiger partial charge in [0.2, 0.25) is 10.0 Å². The molecule has 1 unspecified atom stereocenters. The first-order valence-corrected chi connectivity index (χ1v) is 8.92. The average molecular weight is 314 g/mol. The summed E-state index contributed by atoms with van der Waals surface area (Å²) >= 11 is 1.47. The molecule has 1 aliphatic rings. The van der Waals surface area contributed by atoms with Crippen LogP contribution in [0.25, 0.3) is 0 Å². The maximum absolute atomic E-state index is 11.9. The highest BCUT2D eigenvalue weighted by Gasteiger charge is 2.23. The summed E-state index contributed by atoms with van der Waals surface area (Å²) in [7, 11) is -3.30. The fourth-order valence-corrected chi connectivity index (χ4v) is 4.10. The Balaban J connectivity index is 1.85. The number of hydrogen-bond acceptors (Lipinski definition) is 5. The Morgan fingerprint density at radius 3 is 3.05 bits per heavy atom. The molecule has 1 fully saturated rings. The molecule has 1 aromatic heterocycles. The number of sulfonamides is 1. The zero-order valence-electron chi connectivity index (χ0n) is 11.1. The molecule has 0 bridgehead atoms. The smallest absolute Gasteiger partial charge is 0.214 e. The maximum atomic E-state index is 11.9. The monoisotopic (exact) mass is 314 g/mol. The van der Waals surface area contributed by atoms with Crippen molar-refractivity contribution in [3.63, 3.8) is 0 Å². The van der Waals surface area contributed by atoms with Crippen molar-refractivity contribution >= 4 is 21.4 Å². The third kappa shape index (κ3) is 4.89. The van der Waals surface area contributed by atoms with E-state index in [9.17, 15) is 8.42 Å². The van der Waals surface area contributed by atoms with Crippen molar-refractivity contribution in [3.05, 3.63) is 21.9 Å². The van der Waals surface area contributed by atoms with E-state index in [1.807, 2.05) is 12.1 Å². The molecule has 110 valence electrons. The van der Waals surface area contributed by atoms with E-state index < -0.39 is 10.0 Å². The van der Waals surface area contributed by atoms with E-state index in [0.717, 1.165) is 22.6 Å². The van der Waals surface area contributed by atoms with Gasteiger partial charge in [0, 0.05) is 18.0 Å². The van der Waals surface area contributed by atoms with Crippen LogP contribution in [0.3, 0.4) is 0 Å². The molecular weight excluding hydrogens is 296 g/mol. The first-order valence-electron chi connectivity index (χ1n) is 6.45. The van der Waals surface area contributed by atoms with Crippen LogP contribution in [0.1, 0.15) is 22.6 Å². The molecule has 0 radical (unpaired) electrons. The second kappa shape index (κ2) is 7.20. The summed E-state index contributed by atoms with van der Waals surface area (Å²) in [5.41, 5.74) is 5.30. The van der Waals surface area contributed by atoms with Gasteiger partial charge >= 0.3 is 0 Å². The summed E-state index contributed by atoms with van der Waals surface area (Å²) in [5.74, 6) is 5.74. The highest BCUT2D eigenvalue weighted by molar-refractivity contribution is 7.89. The molecule has 1 aliphatic heterocycles. The van der Waals surface area contributed by atoms with Gasteiger partial charge < -0.3 is 10.5 Å². The molecule has 0 aromatic carbocycles. The van der Waals surface area contributed by atoms with E-state index in [-0.39, 0.29) is 11.9 Å². The summed E-state index contributed by atoms with van der Waals surface area (Å²) < 4.78 is 31.8. The molecule has 7 heteroatoms. The van der Waals surface area contributed by atoms with E-state index >= 15 is 0 Å². The minimum Gasteiger partial charge on any atom is -0.377 e. The normalized spacial score (nSPS) is 18.8. The number of rotatable bonds is 5. The summed E-state index contributed by atoms with van der Waals surface area (Å²) in [6.45, 7) is 1.28. The van der Waals surface area contributed by atoms with E-state index in [0.29, 0.717) is 19.7 Å². The quantitative estimate of drug-likeness (QED) is 0.782. The highest BCUT2D eigenvalue weighted by Crippen LogP contribution is 2.16. The lowest BCUT2D eigenvalue weighted by atomic mass is 10.3. The fraction of sp³-hybridized carbons (Fsp3) is 0.538. The van der Waals surface area contributed by atoms with Crippen molar-refractivity contribution in [2.24, 2.45) is 5.73 Å². The number of nitrogens with two attached hydrogens (primary N) is 1. The molecule has 1 aromatic rings. The predicted molar refractivity (Wildman–Crippen MR) is 79.9 cm³/mol. The number of hydrogen-bond donors (Lipinski definition) is 2. The SMILES string of the molecule is NCC#Cc1ccc(CNS(=O)(=O)CC2CCCO2)s1. The Morgan fingerprint density at radius 1 is 1.50 bits per heavy atom. The Kier molecular flexibility index (Phi) is 5.57. The molecule has 2 heterocycles. The van der Waals surface area contributed by atoms with Gasteiger partial charge in [-0.05, 0) is 25.0 Å². The Morgan fingerprint density at radius 2 is 2.35 bits per heavy atom. The third-order valence-corrected chi connectivity index (χ3v) is 5.27. The molecule has 20 heavy (non-hydrogen) atoms. The van der Waals surface area contributed by atoms with Crippen LogP contribution in [0, 0.1) is 11.8 Å². The molecule has 1 atom stereocenters. The summed E-state index contributed by atoms with van der Waals surface area (Å²) in [4.78, 5) is 1.83.